The summed E-state index contributed by atoms with van der Waals surface area (Å²) in [5.41, 5.74) is -0.105. The molecule has 1 spiro atoms. The first-order valence-electron chi connectivity index (χ1n) is 11.0. The number of likely N-dealkylation sites (tertiary alicyclic amines) is 1. The summed E-state index contributed by atoms with van der Waals surface area (Å²) in [5, 5.41) is 0. The number of benzene rings is 1. The summed E-state index contributed by atoms with van der Waals surface area (Å²) in [6.45, 7) is 7.58. The molecule has 2 aliphatic rings. The Bertz CT molecular complexity index is 893. The van der Waals surface area contributed by atoms with Crippen LogP contribution in [0.2, 0.25) is 0 Å². The maximum Gasteiger partial charge on any atom is 0.410 e. The van der Waals surface area contributed by atoms with Crippen LogP contribution in [0.15, 0.2) is 23.1 Å². The number of amides is 1. The van der Waals surface area contributed by atoms with E-state index in [2.05, 4.69) is 0 Å². The number of hydrogen-bond donors (Lipinski definition) is 0. The van der Waals surface area contributed by atoms with E-state index < -0.39 is 21.3 Å². The molecule has 8 heteroatoms. The number of carbonyl (C=O) groups excluding carboxylic acids is 1. The molecular weight excluding hydrogens is 421 g/mol. The molecule has 3 rings (SSSR count). The maximum absolute atomic E-state index is 14.0. The van der Waals surface area contributed by atoms with Crippen molar-refractivity contribution in [1.29, 1.82) is 0 Å². The molecular formula is C23H34FNO5S. The second kappa shape index (κ2) is 8.96. The fraction of sp³-hybridized carbons (Fsp3) is 0.696. The van der Waals surface area contributed by atoms with Crippen molar-refractivity contribution < 1.29 is 27.1 Å². The molecule has 0 bridgehead atoms. The normalized spacial score (nSPS) is 19.2. The van der Waals surface area contributed by atoms with E-state index >= 15 is 0 Å². The van der Waals surface area contributed by atoms with Crippen LogP contribution >= 0.6 is 0 Å². The van der Waals surface area contributed by atoms with Crippen LogP contribution in [0.3, 0.4) is 0 Å². The van der Waals surface area contributed by atoms with Gasteiger partial charge in [-0.25, -0.2) is 17.6 Å². The van der Waals surface area contributed by atoms with Gasteiger partial charge in [0.15, 0.2) is 21.4 Å². The number of sulfone groups is 1. The molecule has 6 nitrogen and oxygen atoms in total. The number of hydrogen-bond acceptors (Lipinski definition) is 5. The lowest BCUT2D eigenvalue weighted by atomic mass is 9.56. The van der Waals surface area contributed by atoms with Gasteiger partial charge in [0.25, 0.3) is 0 Å². The summed E-state index contributed by atoms with van der Waals surface area (Å²) < 4.78 is 48.0. The maximum atomic E-state index is 14.0. The van der Waals surface area contributed by atoms with Gasteiger partial charge in [0.2, 0.25) is 0 Å². The second-order valence-corrected chi connectivity index (χ2v) is 12.1. The third-order valence-corrected chi connectivity index (χ3v) is 7.38. The molecule has 31 heavy (non-hydrogen) atoms. The van der Waals surface area contributed by atoms with E-state index in [0.29, 0.717) is 17.9 Å². The van der Waals surface area contributed by atoms with Crippen LogP contribution in [0.25, 0.3) is 0 Å². The molecule has 1 aliphatic heterocycles. The lowest BCUT2D eigenvalue weighted by Crippen LogP contribution is -2.49. The molecule has 1 saturated carbocycles. The van der Waals surface area contributed by atoms with Crippen LogP contribution in [-0.4, -0.2) is 51.0 Å². The van der Waals surface area contributed by atoms with Gasteiger partial charge in [-0.1, -0.05) is 0 Å². The predicted octanol–water partition coefficient (Wildman–Crippen LogP) is 4.82. The van der Waals surface area contributed by atoms with Crippen LogP contribution in [0, 0.1) is 17.2 Å². The fourth-order valence-electron chi connectivity index (χ4n) is 4.65. The van der Waals surface area contributed by atoms with Crippen molar-refractivity contribution in [3.63, 3.8) is 0 Å². The van der Waals surface area contributed by atoms with E-state index in [1.807, 2.05) is 25.7 Å². The third-order valence-electron chi connectivity index (χ3n) is 6.26. The minimum absolute atomic E-state index is 0.0465. The molecule has 0 unspecified atom stereocenters. The van der Waals surface area contributed by atoms with E-state index in [4.69, 9.17) is 9.47 Å². The molecule has 174 valence electrons. The zero-order valence-corrected chi connectivity index (χ0v) is 19.8. The lowest BCUT2D eigenvalue weighted by Gasteiger charge is -2.52. The minimum Gasteiger partial charge on any atom is -0.491 e. The summed E-state index contributed by atoms with van der Waals surface area (Å²) in [5.74, 6) is 0.0865. The van der Waals surface area contributed by atoms with Gasteiger partial charge in [0.1, 0.15) is 5.60 Å². The number of piperidine rings is 1. The van der Waals surface area contributed by atoms with Crippen LogP contribution in [-0.2, 0) is 14.6 Å². The zero-order chi connectivity index (χ0) is 22.9. The van der Waals surface area contributed by atoms with Crippen LogP contribution < -0.4 is 4.74 Å². The van der Waals surface area contributed by atoms with Gasteiger partial charge in [0.05, 0.1) is 11.5 Å². The Kier molecular flexibility index (Phi) is 6.89. The number of halogens is 1. The number of rotatable bonds is 6. The smallest absolute Gasteiger partial charge is 0.410 e. The summed E-state index contributed by atoms with van der Waals surface area (Å²) in [6.07, 6.45) is 7.09. The Labute approximate surface area is 185 Å². The van der Waals surface area contributed by atoms with Gasteiger partial charge in [-0.05, 0) is 88.8 Å². The zero-order valence-electron chi connectivity index (χ0n) is 18.9. The Balaban J connectivity index is 1.35. The molecule has 0 aromatic heterocycles. The highest BCUT2D eigenvalue weighted by Crippen LogP contribution is 2.54. The van der Waals surface area contributed by atoms with E-state index in [1.165, 1.54) is 25.0 Å². The Morgan fingerprint density at radius 1 is 1.23 bits per heavy atom. The van der Waals surface area contributed by atoms with Crippen molar-refractivity contribution >= 4 is 15.9 Å². The van der Waals surface area contributed by atoms with Crippen molar-refractivity contribution in [3.05, 3.63) is 24.0 Å². The van der Waals surface area contributed by atoms with Gasteiger partial charge in [-0.15, -0.1) is 0 Å². The first-order valence-corrected chi connectivity index (χ1v) is 12.9. The molecule has 0 radical (unpaired) electrons. The van der Waals surface area contributed by atoms with E-state index in [1.54, 1.807) is 0 Å². The largest absolute Gasteiger partial charge is 0.491 e. The standard InChI is InChI=1S/C23H34FNO5S/c1-22(2,3)30-21(26)25-11-9-23(10-12-25)15-17(16-23)6-5-13-29-20-8-7-18(14-19(20)24)31(4,27)28/h7-8,14,17H,5-6,9-13,15-16H2,1-4H3. The average molecular weight is 456 g/mol. The van der Waals surface area contributed by atoms with E-state index in [-0.39, 0.29) is 16.7 Å². The summed E-state index contributed by atoms with van der Waals surface area (Å²) in [7, 11) is -3.43. The van der Waals surface area contributed by atoms with Crippen LogP contribution in [0.4, 0.5) is 9.18 Å². The molecule has 0 N–H and O–H groups in total. The Morgan fingerprint density at radius 3 is 2.42 bits per heavy atom. The van der Waals surface area contributed by atoms with Crippen molar-refractivity contribution in [2.75, 3.05) is 26.0 Å². The van der Waals surface area contributed by atoms with Gasteiger partial charge in [-0.2, -0.15) is 0 Å². The highest BCUT2D eigenvalue weighted by atomic mass is 32.2. The SMILES string of the molecule is CC(C)(C)OC(=O)N1CCC2(CC1)CC(CCCOc1ccc(S(C)(=O)=O)cc1F)C2. The molecule has 1 amide bonds. The van der Waals surface area contributed by atoms with Gasteiger partial charge in [0, 0.05) is 19.3 Å². The second-order valence-electron chi connectivity index (χ2n) is 10.1. The minimum atomic E-state index is -3.43. The van der Waals surface area contributed by atoms with Crippen molar-refractivity contribution in [2.24, 2.45) is 11.3 Å². The van der Waals surface area contributed by atoms with Crippen molar-refractivity contribution in [2.45, 2.75) is 69.8 Å². The highest BCUT2D eigenvalue weighted by Gasteiger charge is 2.46. The third kappa shape index (κ3) is 6.34. The molecule has 1 aromatic carbocycles. The molecule has 1 heterocycles. The summed E-state index contributed by atoms with van der Waals surface area (Å²) in [4.78, 5) is 14.0. The molecule has 2 fully saturated rings. The quantitative estimate of drug-likeness (QED) is 0.575. The average Bonchev–Trinajstić information content (AvgIpc) is 2.63. The Hall–Kier alpha value is -1.83. The van der Waals surface area contributed by atoms with Gasteiger partial charge >= 0.3 is 6.09 Å². The number of nitrogens with zero attached hydrogens (tertiary/aromatic N) is 1. The number of ether oxygens (including phenoxy) is 2. The van der Waals surface area contributed by atoms with Crippen LogP contribution in [0.1, 0.15) is 59.3 Å². The van der Waals surface area contributed by atoms with E-state index in [9.17, 15) is 17.6 Å². The summed E-state index contributed by atoms with van der Waals surface area (Å²) in [6, 6.07) is 3.75. The lowest BCUT2D eigenvalue weighted by molar-refractivity contribution is -0.0301. The van der Waals surface area contributed by atoms with E-state index in [0.717, 1.165) is 51.1 Å². The monoisotopic (exact) mass is 455 g/mol. The van der Waals surface area contributed by atoms with Gasteiger partial charge in [-0.3, -0.25) is 0 Å². The number of carbonyl (C=O) groups is 1. The summed E-state index contributed by atoms with van der Waals surface area (Å²) >= 11 is 0. The topological polar surface area (TPSA) is 72.9 Å². The molecule has 1 saturated heterocycles. The Morgan fingerprint density at radius 2 is 1.87 bits per heavy atom. The van der Waals surface area contributed by atoms with Crippen molar-refractivity contribution in [1.82, 2.24) is 4.90 Å². The molecule has 1 aliphatic carbocycles. The molecule has 1 aromatic rings. The first-order chi connectivity index (χ1) is 14.4. The van der Waals surface area contributed by atoms with Gasteiger partial charge < -0.3 is 14.4 Å². The van der Waals surface area contributed by atoms with Crippen molar-refractivity contribution in [3.8, 4) is 5.75 Å². The fourth-order valence-corrected chi connectivity index (χ4v) is 5.28. The van der Waals surface area contributed by atoms with Crippen LogP contribution in [0.5, 0.6) is 5.75 Å². The first kappa shape index (κ1) is 23.8. The highest BCUT2D eigenvalue weighted by molar-refractivity contribution is 7.90. The predicted molar refractivity (Wildman–Crippen MR) is 116 cm³/mol. The molecule has 0 atom stereocenters.